The van der Waals surface area contributed by atoms with Gasteiger partial charge < -0.3 is 10.4 Å². The van der Waals surface area contributed by atoms with Gasteiger partial charge in [-0.3, -0.25) is 4.79 Å². The first-order chi connectivity index (χ1) is 5.71. The Hall–Kier alpha value is -0.410. The van der Waals surface area contributed by atoms with Crippen molar-refractivity contribution >= 4 is 5.78 Å². The summed E-state index contributed by atoms with van der Waals surface area (Å²) in [7, 11) is 0. The molecule has 0 spiro atoms. The summed E-state index contributed by atoms with van der Waals surface area (Å²) >= 11 is 0. The van der Waals surface area contributed by atoms with E-state index >= 15 is 0 Å². The highest BCUT2D eigenvalue weighted by Gasteiger charge is 2.43. The van der Waals surface area contributed by atoms with Crippen LogP contribution in [0.15, 0.2) is 0 Å². The molecule has 3 nitrogen and oxygen atoms in total. The Morgan fingerprint density at radius 2 is 2.42 bits per heavy atom. The minimum absolute atomic E-state index is 0.232. The Morgan fingerprint density at radius 1 is 1.58 bits per heavy atom. The van der Waals surface area contributed by atoms with E-state index in [0.29, 0.717) is 18.8 Å². The van der Waals surface area contributed by atoms with Crippen molar-refractivity contribution in [2.45, 2.75) is 31.3 Å². The second-order valence-corrected chi connectivity index (χ2v) is 4.01. The zero-order valence-electron chi connectivity index (χ0n) is 7.18. The van der Waals surface area contributed by atoms with Crippen molar-refractivity contribution in [1.82, 2.24) is 5.32 Å². The van der Waals surface area contributed by atoms with E-state index in [4.69, 9.17) is 0 Å². The fraction of sp³-hybridized carbons (Fsp3) is 0.889. The van der Waals surface area contributed by atoms with Gasteiger partial charge in [0.15, 0.2) is 0 Å². The lowest BCUT2D eigenvalue weighted by atomic mass is 9.71. The van der Waals surface area contributed by atoms with Gasteiger partial charge in [0.2, 0.25) is 0 Å². The average molecular weight is 169 g/mol. The molecule has 0 amide bonds. The van der Waals surface area contributed by atoms with Gasteiger partial charge in [-0.2, -0.15) is 0 Å². The van der Waals surface area contributed by atoms with Crippen molar-refractivity contribution in [2.75, 3.05) is 13.1 Å². The SMILES string of the molecule is O=C1CCC2CNCCC2(O)C1. The topological polar surface area (TPSA) is 49.3 Å². The molecule has 2 rings (SSSR count). The largest absolute Gasteiger partial charge is 0.389 e. The third-order valence-corrected chi connectivity index (χ3v) is 3.16. The van der Waals surface area contributed by atoms with Crippen molar-refractivity contribution in [2.24, 2.45) is 5.92 Å². The zero-order valence-corrected chi connectivity index (χ0v) is 7.18. The predicted molar refractivity (Wildman–Crippen MR) is 44.8 cm³/mol. The highest BCUT2D eigenvalue weighted by molar-refractivity contribution is 5.80. The van der Waals surface area contributed by atoms with Gasteiger partial charge >= 0.3 is 0 Å². The van der Waals surface area contributed by atoms with E-state index in [1.807, 2.05) is 0 Å². The molecule has 1 saturated carbocycles. The van der Waals surface area contributed by atoms with Crippen LogP contribution in [0.4, 0.5) is 0 Å². The van der Waals surface area contributed by atoms with E-state index in [0.717, 1.165) is 25.9 Å². The molecule has 2 unspecified atom stereocenters. The number of carbonyl (C=O) groups is 1. The normalized spacial score (nSPS) is 42.4. The van der Waals surface area contributed by atoms with Crippen LogP contribution in [0.1, 0.15) is 25.7 Å². The first-order valence-electron chi connectivity index (χ1n) is 4.65. The number of fused-ring (bicyclic) bond motifs is 1. The number of hydrogen-bond donors (Lipinski definition) is 2. The van der Waals surface area contributed by atoms with E-state index in [9.17, 15) is 9.90 Å². The predicted octanol–water partition coefficient (Wildman–Crippen LogP) is 0.0800. The maximum atomic E-state index is 11.1. The molecule has 1 saturated heterocycles. The first-order valence-corrected chi connectivity index (χ1v) is 4.65. The quantitative estimate of drug-likeness (QED) is 0.540. The maximum absolute atomic E-state index is 11.1. The summed E-state index contributed by atoms with van der Waals surface area (Å²) < 4.78 is 0. The summed E-state index contributed by atoms with van der Waals surface area (Å²) in [4.78, 5) is 11.1. The molecule has 0 aromatic heterocycles. The lowest BCUT2D eigenvalue weighted by Gasteiger charge is -2.42. The lowest BCUT2D eigenvalue weighted by Crippen LogP contribution is -2.53. The van der Waals surface area contributed by atoms with Gasteiger partial charge in [-0.25, -0.2) is 0 Å². The summed E-state index contributed by atoms with van der Waals surface area (Å²) in [6.07, 6.45) is 2.65. The molecule has 0 radical (unpaired) electrons. The molecule has 1 heterocycles. The summed E-state index contributed by atoms with van der Waals surface area (Å²) in [5.41, 5.74) is -0.666. The lowest BCUT2D eigenvalue weighted by molar-refractivity contribution is -0.135. The summed E-state index contributed by atoms with van der Waals surface area (Å²) in [6, 6.07) is 0. The van der Waals surface area contributed by atoms with E-state index < -0.39 is 5.60 Å². The Balaban J connectivity index is 2.12. The van der Waals surface area contributed by atoms with E-state index in [1.165, 1.54) is 0 Å². The molecule has 1 aliphatic carbocycles. The third kappa shape index (κ3) is 1.27. The molecule has 2 atom stereocenters. The van der Waals surface area contributed by atoms with Crippen LogP contribution in [0.2, 0.25) is 0 Å². The number of piperidine rings is 1. The maximum Gasteiger partial charge on any atom is 0.135 e. The van der Waals surface area contributed by atoms with E-state index in [-0.39, 0.29) is 5.78 Å². The Bertz CT molecular complexity index is 205. The van der Waals surface area contributed by atoms with Gasteiger partial charge in [-0.1, -0.05) is 0 Å². The van der Waals surface area contributed by atoms with Crippen LogP contribution in [0, 0.1) is 5.92 Å². The first kappa shape index (κ1) is 8.20. The van der Waals surface area contributed by atoms with Gasteiger partial charge in [0, 0.05) is 25.3 Å². The number of hydrogen-bond acceptors (Lipinski definition) is 3. The molecular weight excluding hydrogens is 154 g/mol. The summed E-state index contributed by atoms with van der Waals surface area (Å²) in [5.74, 6) is 0.541. The second-order valence-electron chi connectivity index (χ2n) is 4.01. The van der Waals surface area contributed by atoms with Crippen molar-refractivity contribution in [3.8, 4) is 0 Å². The molecule has 0 aromatic carbocycles. The average Bonchev–Trinajstić information content (AvgIpc) is 2.02. The van der Waals surface area contributed by atoms with Gasteiger partial charge in [0.1, 0.15) is 5.78 Å². The Morgan fingerprint density at radius 3 is 3.25 bits per heavy atom. The Labute approximate surface area is 72.2 Å². The molecule has 2 N–H and O–H groups in total. The van der Waals surface area contributed by atoms with Crippen molar-refractivity contribution in [1.29, 1.82) is 0 Å². The summed E-state index contributed by atoms with van der Waals surface area (Å²) in [5, 5.41) is 13.4. The van der Waals surface area contributed by atoms with Gasteiger partial charge in [-0.15, -0.1) is 0 Å². The second kappa shape index (κ2) is 2.82. The highest BCUT2D eigenvalue weighted by Crippen LogP contribution is 2.35. The van der Waals surface area contributed by atoms with Crippen LogP contribution in [0.3, 0.4) is 0 Å². The number of aliphatic hydroxyl groups is 1. The van der Waals surface area contributed by atoms with Crippen LogP contribution >= 0.6 is 0 Å². The molecule has 3 heteroatoms. The monoisotopic (exact) mass is 169 g/mol. The van der Waals surface area contributed by atoms with Crippen molar-refractivity contribution in [3.63, 3.8) is 0 Å². The molecule has 68 valence electrons. The van der Waals surface area contributed by atoms with Crippen molar-refractivity contribution in [3.05, 3.63) is 0 Å². The summed E-state index contributed by atoms with van der Waals surface area (Å²) in [6.45, 7) is 1.73. The molecular formula is C9H15NO2. The molecule has 12 heavy (non-hydrogen) atoms. The van der Waals surface area contributed by atoms with Gasteiger partial charge in [-0.05, 0) is 19.4 Å². The zero-order chi connectivity index (χ0) is 8.60. The third-order valence-electron chi connectivity index (χ3n) is 3.16. The molecule has 0 aromatic rings. The standard InChI is InChI=1S/C9H15NO2/c11-8-2-1-7-6-10-4-3-9(7,12)5-8/h7,10,12H,1-6H2. The molecule has 2 fully saturated rings. The fourth-order valence-corrected chi connectivity index (χ4v) is 2.34. The van der Waals surface area contributed by atoms with Crippen LogP contribution in [-0.4, -0.2) is 29.6 Å². The highest BCUT2D eigenvalue weighted by atomic mass is 16.3. The van der Waals surface area contributed by atoms with Crippen LogP contribution < -0.4 is 5.32 Å². The Kier molecular flexibility index (Phi) is 1.93. The van der Waals surface area contributed by atoms with E-state index in [1.54, 1.807) is 0 Å². The van der Waals surface area contributed by atoms with Gasteiger partial charge in [0.05, 0.1) is 5.60 Å². The fourth-order valence-electron chi connectivity index (χ4n) is 2.34. The number of Topliss-reactive ketones (excluding diaryl/α,β-unsaturated/α-hetero) is 1. The minimum Gasteiger partial charge on any atom is -0.389 e. The number of carbonyl (C=O) groups excluding carboxylic acids is 1. The minimum atomic E-state index is -0.666. The number of rotatable bonds is 0. The molecule has 0 bridgehead atoms. The number of nitrogens with one attached hydrogen (secondary N) is 1. The molecule has 2 aliphatic rings. The molecule has 1 aliphatic heterocycles. The smallest absolute Gasteiger partial charge is 0.135 e. The van der Waals surface area contributed by atoms with Crippen LogP contribution in [-0.2, 0) is 4.79 Å². The van der Waals surface area contributed by atoms with Crippen molar-refractivity contribution < 1.29 is 9.90 Å². The number of ketones is 1. The van der Waals surface area contributed by atoms with Gasteiger partial charge in [0.25, 0.3) is 0 Å². The van der Waals surface area contributed by atoms with E-state index in [2.05, 4.69) is 5.32 Å². The van der Waals surface area contributed by atoms with Crippen LogP contribution in [0.5, 0.6) is 0 Å². The van der Waals surface area contributed by atoms with Crippen LogP contribution in [0.25, 0.3) is 0 Å².